The second-order valence-corrected chi connectivity index (χ2v) is 5.48. The molecular weight excluding hydrogens is 309 g/mol. The third kappa shape index (κ3) is 3.47. The molecule has 0 heterocycles. The number of ether oxygens (including phenoxy) is 1. The number of hydrogen-bond acceptors (Lipinski definition) is 2. The van der Waals surface area contributed by atoms with Gasteiger partial charge in [0.2, 0.25) is 0 Å². The van der Waals surface area contributed by atoms with E-state index in [0.29, 0.717) is 15.9 Å². The maximum atomic E-state index is 13.3. The van der Waals surface area contributed by atoms with Gasteiger partial charge in [0.1, 0.15) is 18.2 Å². The molecule has 0 atom stereocenters. The standard InChI is InChI=1S/C15H15BrFNO/c1-9-3-10(2)15(14(18)4-9)19-8-11-5-12(16)7-13(17)6-11/h3-7H,8,18H2,1-2H3. The van der Waals surface area contributed by atoms with Crippen molar-refractivity contribution in [1.29, 1.82) is 0 Å². The van der Waals surface area contributed by atoms with E-state index in [4.69, 9.17) is 10.5 Å². The van der Waals surface area contributed by atoms with Crippen molar-refractivity contribution in [3.8, 4) is 5.75 Å². The summed E-state index contributed by atoms with van der Waals surface area (Å²) in [6, 6.07) is 8.55. The number of nitrogen functional groups attached to an aromatic ring is 1. The molecule has 0 spiro atoms. The number of benzene rings is 2. The molecule has 100 valence electrons. The van der Waals surface area contributed by atoms with Crippen molar-refractivity contribution in [2.75, 3.05) is 5.73 Å². The Kier molecular flexibility index (Phi) is 4.10. The molecule has 0 aliphatic rings. The minimum Gasteiger partial charge on any atom is -0.486 e. The molecule has 0 saturated carbocycles. The zero-order valence-corrected chi connectivity index (χ0v) is 12.4. The van der Waals surface area contributed by atoms with E-state index in [-0.39, 0.29) is 12.4 Å². The summed E-state index contributed by atoms with van der Waals surface area (Å²) in [5.41, 5.74) is 9.37. The zero-order valence-electron chi connectivity index (χ0n) is 10.8. The Morgan fingerprint density at radius 3 is 2.53 bits per heavy atom. The van der Waals surface area contributed by atoms with Crippen molar-refractivity contribution in [2.24, 2.45) is 0 Å². The summed E-state index contributed by atoms with van der Waals surface area (Å²) < 4.78 is 19.7. The predicted octanol–water partition coefficient (Wildman–Crippen LogP) is 4.37. The second-order valence-electron chi connectivity index (χ2n) is 4.57. The van der Waals surface area contributed by atoms with Gasteiger partial charge in [-0.05, 0) is 54.8 Å². The molecule has 0 aromatic heterocycles. The van der Waals surface area contributed by atoms with Gasteiger partial charge in [-0.25, -0.2) is 4.39 Å². The van der Waals surface area contributed by atoms with E-state index < -0.39 is 0 Å². The molecule has 0 radical (unpaired) electrons. The molecule has 0 bridgehead atoms. The molecule has 2 aromatic rings. The van der Waals surface area contributed by atoms with E-state index in [9.17, 15) is 4.39 Å². The molecule has 2 nitrogen and oxygen atoms in total. The Morgan fingerprint density at radius 2 is 1.89 bits per heavy atom. The molecule has 0 amide bonds. The zero-order chi connectivity index (χ0) is 14.0. The lowest BCUT2D eigenvalue weighted by atomic mass is 10.1. The van der Waals surface area contributed by atoms with Crippen molar-refractivity contribution in [3.05, 3.63) is 57.3 Å². The number of halogens is 2. The molecule has 2 N–H and O–H groups in total. The predicted molar refractivity (Wildman–Crippen MR) is 78.8 cm³/mol. The minimum atomic E-state index is -0.290. The van der Waals surface area contributed by atoms with Crippen LogP contribution < -0.4 is 10.5 Å². The fourth-order valence-electron chi connectivity index (χ4n) is 2.03. The summed E-state index contributed by atoms with van der Waals surface area (Å²) in [7, 11) is 0. The lowest BCUT2D eigenvalue weighted by Crippen LogP contribution is -2.01. The topological polar surface area (TPSA) is 35.2 Å². The molecular formula is C15H15BrFNO. The molecule has 19 heavy (non-hydrogen) atoms. The second kappa shape index (κ2) is 5.61. The number of rotatable bonds is 3. The van der Waals surface area contributed by atoms with Crippen LogP contribution in [-0.2, 0) is 6.61 Å². The fourth-order valence-corrected chi connectivity index (χ4v) is 2.55. The molecule has 4 heteroatoms. The first-order chi connectivity index (χ1) is 8.95. The first-order valence-corrected chi connectivity index (χ1v) is 6.69. The first-order valence-electron chi connectivity index (χ1n) is 5.90. The van der Waals surface area contributed by atoms with Crippen LogP contribution in [0.3, 0.4) is 0 Å². The number of nitrogens with two attached hydrogens (primary N) is 1. The van der Waals surface area contributed by atoms with E-state index >= 15 is 0 Å². The van der Waals surface area contributed by atoms with E-state index in [0.717, 1.165) is 16.7 Å². The van der Waals surface area contributed by atoms with Crippen LogP contribution in [0.25, 0.3) is 0 Å². The molecule has 0 saturated heterocycles. The van der Waals surface area contributed by atoms with Gasteiger partial charge < -0.3 is 10.5 Å². The van der Waals surface area contributed by atoms with Gasteiger partial charge >= 0.3 is 0 Å². The van der Waals surface area contributed by atoms with Gasteiger partial charge in [-0.15, -0.1) is 0 Å². The minimum absolute atomic E-state index is 0.282. The summed E-state index contributed by atoms with van der Waals surface area (Å²) in [4.78, 5) is 0. The highest BCUT2D eigenvalue weighted by atomic mass is 79.9. The molecule has 0 fully saturated rings. The third-order valence-electron chi connectivity index (χ3n) is 2.75. The van der Waals surface area contributed by atoms with Gasteiger partial charge in [0.25, 0.3) is 0 Å². The molecule has 0 aliphatic carbocycles. The summed E-state index contributed by atoms with van der Waals surface area (Å²) in [6.45, 7) is 4.21. The highest BCUT2D eigenvalue weighted by molar-refractivity contribution is 9.10. The highest BCUT2D eigenvalue weighted by Crippen LogP contribution is 2.28. The van der Waals surface area contributed by atoms with Gasteiger partial charge in [-0.1, -0.05) is 22.0 Å². The van der Waals surface area contributed by atoms with Gasteiger partial charge in [0.05, 0.1) is 5.69 Å². The van der Waals surface area contributed by atoms with Crippen LogP contribution in [0.15, 0.2) is 34.8 Å². The summed E-state index contributed by atoms with van der Waals surface area (Å²) in [5, 5.41) is 0. The SMILES string of the molecule is Cc1cc(C)c(OCc2cc(F)cc(Br)c2)c(N)c1. The number of anilines is 1. The quantitative estimate of drug-likeness (QED) is 0.851. The van der Waals surface area contributed by atoms with E-state index in [1.165, 1.54) is 12.1 Å². The Balaban J connectivity index is 2.19. The maximum Gasteiger partial charge on any atom is 0.145 e. The van der Waals surface area contributed by atoms with Crippen LogP contribution in [0, 0.1) is 19.7 Å². The fraction of sp³-hybridized carbons (Fsp3) is 0.200. The largest absolute Gasteiger partial charge is 0.486 e. The highest BCUT2D eigenvalue weighted by Gasteiger charge is 2.07. The van der Waals surface area contributed by atoms with Crippen LogP contribution in [0.4, 0.5) is 10.1 Å². The third-order valence-corrected chi connectivity index (χ3v) is 3.21. The van der Waals surface area contributed by atoms with Crippen LogP contribution in [0.1, 0.15) is 16.7 Å². The smallest absolute Gasteiger partial charge is 0.145 e. The van der Waals surface area contributed by atoms with Crippen LogP contribution >= 0.6 is 15.9 Å². The Hall–Kier alpha value is -1.55. The van der Waals surface area contributed by atoms with Crippen molar-refractivity contribution < 1.29 is 9.13 Å². The van der Waals surface area contributed by atoms with Crippen LogP contribution in [-0.4, -0.2) is 0 Å². The Labute approximate surface area is 120 Å². The normalized spacial score (nSPS) is 10.5. The van der Waals surface area contributed by atoms with Crippen LogP contribution in [0.2, 0.25) is 0 Å². The van der Waals surface area contributed by atoms with Gasteiger partial charge in [-0.3, -0.25) is 0 Å². The number of aryl methyl sites for hydroxylation is 2. The lowest BCUT2D eigenvalue weighted by molar-refractivity contribution is 0.305. The van der Waals surface area contributed by atoms with Gasteiger partial charge in [0.15, 0.2) is 0 Å². The van der Waals surface area contributed by atoms with Crippen molar-refractivity contribution >= 4 is 21.6 Å². The molecule has 0 aliphatic heterocycles. The lowest BCUT2D eigenvalue weighted by Gasteiger charge is -2.13. The molecule has 0 unspecified atom stereocenters. The van der Waals surface area contributed by atoms with Crippen molar-refractivity contribution in [2.45, 2.75) is 20.5 Å². The summed E-state index contributed by atoms with van der Waals surface area (Å²) >= 11 is 3.26. The van der Waals surface area contributed by atoms with E-state index in [1.807, 2.05) is 32.0 Å². The summed E-state index contributed by atoms with van der Waals surface area (Å²) in [6.07, 6.45) is 0. The van der Waals surface area contributed by atoms with Crippen molar-refractivity contribution in [1.82, 2.24) is 0 Å². The Morgan fingerprint density at radius 1 is 1.16 bits per heavy atom. The Bertz CT molecular complexity index is 570. The molecule has 2 rings (SSSR count). The van der Waals surface area contributed by atoms with E-state index in [2.05, 4.69) is 15.9 Å². The summed E-state index contributed by atoms with van der Waals surface area (Å²) in [5.74, 6) is 0.368. The van der Waals surface area contributed by atoms with E-state index in [1.54, 1.807) is 0 Å². The monoisotopic (exact) mass is 323 g/mol. The first kappa shape index (κ1) is 13.9. The average Bonchev–Trinajstić information content (AvgIpc) is 2.25. The van der Waals surface area contributed by atoms with Gasteiger partial charge in [0, 0.05) is 4.47 Å². The van der Waals surface area contributed by atoms with Crippen molar-refractivity contribution in [3.63, 3.8) is 0 Å². The molecule has 2 aromatic carbocycles. The number of hydrogen-bond donors (Lipinski definition) is 1. The average molecular weight is 324 g/mol. The maximum absolute atomic E-state index is 13.3. The van der Waals surface area contributed by atoms with Gasteiger partial charge in [-0.2, -0.15) is 0 Å². The van der Waals surface area contributed by atoms with Crippen LogP contribution in [0.5, 0.6) is 5.75 Å².